The van der Waals surface area contributed by atoms with Crippen molar-refractivity contribution in [1.82, 2.24) is 0 Å². The highest BCUT2D eigenvalue weighted by Gasteiger charge is 1.85. The number of allylic oxidation sites excluding steroid dienone is 4. The molecule has 0 aliphatic heterocycles. The van der Waals surface area contributed by atoms with Crippen molar-refractivity contribution in [1.29, 1.82) is 0 Å². The molecule has 0 amide bonds. The average molecular weight is 180 g/mol. The van der Waals surface area contributed by atoms with Crippen LogP contribution >= 0.6 is 0 Å². The van der Waals surface area contributed by atoms with E-state index in [0.717, 1.165) is 12.7 Å². The van der Waals surface area contributed by atoms with Gasteiger partial charge in [0.15, 0.2) is 0 Å². The highest BCUT2D eigenvalue weighted by Crippen LogP contribution is 2.05. The maximum atomic E-state index is 9.89. The van der Waals surface area contributed by atoms with Crippen molar-refractivity contribution in [2.24, 2.45) is 0 Å². The van der Waals surface area contributed by atoms with Gasteiger partial charge in [-0.15, -0.1) is 0 Å². The first-order valence-electron chi connectivity index (χ1n) is 5.18. The Balaban J connectivity index is 3.10. The minimum absolute atomic E-state index is 0.797. The standard InChI is InChI=1S/C12H20O/c1-2-3-4-5-6-7-8-9-10-11-12-13/h8-12H,2-7H2,1H3. The lowest BCUT2D eigenvalue weighted by atomic mass is 10.1. The summed E-state index contributed by atoms with van der Waals surface area (Å²) in [5, 5.41) is 0. The molecular formula is C12H20O. The zero-order valence-electron chi connectivity index (χ0n) is 8.54. The van der Waals surface area contributed by atoms with E-state index in [4.69, 9.17) is 0 Å². The molecule has 0 atom stereocenters. The average Bonchev–Trinajstić information content (AvgIpc) is 2.16. The molecule has 0 saturated heterocycles. The quantitative estimate of drug-likeness (QED) is 0.241. The van der Waals surface area contributed by atoms with Crippen LogP contribution in [-0.2, 0) is 4.79 Å². The Bertz CT molecular complexity index is 157. The zero-order chi connectivity index (χ0) is 9.78. The molecule has 0 rings (SSSR count). The Kier molecular flexibility index (Phi) is 10.4. The summed E-state index contributed by atoms with van der Waals surface area (Å²) in [6.07, 6.45) is 15.9. The minimum atomic E-state index is 0.797. The van der Waals surface area contributed by atoms with Crippen LogP contribution < -0.4 is 0 Å². The van der Waals surface area contributed by atoms with Crippen molar-refractivity contribution in [3.8, 4) is 0 Å². The van der Waals surface area contributed by atoms with Crippen LogP contribution in [0, 0.1) is 0 Å². The zero-order valence-corrected chi connectivity index (χ0v) is 8.54. The van der Waals surface area contributed by atoms with Gasteiger partial charge in [-0.3, -0.25) is 4.79 Å². The van der Waals surface area contributed by atoms with Gasteiger partial charge in [-0.1, -0.05) is 50.8 Å². The van der Waals surface area contributed by atoms with E-state index in [9.17, 15) is 4.79 Å². The fourth-order valence-corrected chi connectivity index (χ4v) is 1.15. The van der Waals surface area contributed by atoms with E-state index in [1.54, 1.807) is 6.08 Å². The lowest BCUT2D eigenvalue weighted by Crippen LogP contribution is -1.75. The fourth-order valence-electron chi connectivity index (χ4n) is 1.15. The molecule has 0 aromatic rings. The van der Waals surface area contributed by atoms with E-state index in [1.807, 2.05) is 6.08 Å². The van der Waals surface area contributed by atoms with E-state index in [-0.39, 0.29) is 0 Å². The van der Waals surface area contributed by atoms with Crippen molar-refractivity contribution in [2.45, 2.75) is 45.4 Å². The molecule has 1 heteroatoms. The number of unbranched alkanes of at least 4 members (excludes halogenated alkanes) is 5. The summed E-state index contributed by atoms with van der Waals surface area (Å²) in [6, 6.07) is 0. The summed E-state index contributed by atoms with van der Waals surface area (Å²) in [6.45, 7) is 2.23. The van der Waals surface area contributed by atoms with Crippen molar-refractivity contribution in [3.63, 3.8) is 0 Å². The van der Waals surface area contributed by atoms with E-state index < -0.39 is 0 Å². The van der Waals surface area contributed by atoms with Crippen molar-refractivity contribution >= 4 is 6.29 Å². The predicted octanol–water partition coefficient (Wildman–Crippen LogP) is 3.66. The second-order valence-corrected chi connectivity index (χ2v) is 3.15. The molecule has 74 valence electrons. The normalized spacial score (nSPS) is 11.5. The summed E-state index contributed by atoms with van der Waals surface area (Å²) in [5.74, 6) is 0. The van der Waals surface area contributed by atoms with Crippen LogP contribution in [-0.4, -0.2) is 6.29 Å². The Hall–Kier alpha value is -0.850. The van der Waals surface area contributed by atoms with Gasteiger partial charge in [-0.25, -0.2) is 0 Å². The first kappa shape index (κ1) is 12.2. The number of carbonyl (C=O) groups excluding carboxylic acids is 1. The Morgan fingerprint density at radius 1 is 0.923 bits per heavy atom. The fraction of sp³-hybridized carbons (Fsp3) is 0.583. The van der Waals surface area contributed by atoms with Crippen LogP contribution in [0.25, 0.3) is 0 Å². The van der Waals surface area contributed by atoms with Gasteiger partial charge < -0.3 is 0 Å². The molecule has 1 nitrogen and oxygen atoms in total. The minimum Gasteiger partial charge on any atom is -0.299 e. The second-order valence-electron chi connectivity index (χ2n) is 3.15. The van der Waals surface area contributed by atoms with Gasteiger partial charge in [-0.05, 0) is 18.9 Å². The van der Waals surface area contributed by atoms with Crippen molar-refractivity contribution in [3.05, 3.63) is 24.3 Å². The number of aldehydes is 1. The van der Waals surface area contributed by atoms with Crippen LogP contribution in [0.15, 0.2) is 24.3 Å². The molecule has 0 N–H and O–H groups in total. The molecule has 0 aromatic heterocycles. The number of rotatable bonds is 8. The SMILES string of the molecule is CCCCCCCC=CC=CC=O. The van der Waals surface area contributed by atoms with Gasteiger partial charge in [0.25, 0.3) is 0 Å². The molecule has 0 aliphatic carbocycles. The molecule has 0 aliphatic rings. The van der Waals surface area contributed by atoms with Crippen LogP contribution in [0.2, 0.25) is 0 Å². The third kappa shape index (κ3) is 11.1. The number of hydrogen-bond acceptors (Lipinski definition) is 1. The molecule has 0 saturated carbocycles. The molecule has 0 aromatic carbocycles. The van der Waals surface area contributed by atoms with E-state index in [1.165, 1.54) is 38.2 Å². The van der Waals surface area contributed by atoms with E-state index in [2.05, 4.69) is 13.0 Å². The van der Waals surface area contributed by atoms with Gasteiger partial charge in [0.2, 0.25) is 0 Å². The van der Waals surface area contributed by atoms with Crippen LogP contribution in [0.4, 0.5) is 0 Å². The second kappa shape index (κ2) is 11.2. The topological polar surface area (TPSA) is 17.1 Å². The Labute approximate surface area is 81.5 Å². The lowest BCUT2D eigenvalue weighted by molar-refractivity contribution is -0.104. The molecule has 13 heavy (non-hydrogen) atoms. The Morgan fingerprint density at radius 3 is 2.38 bits per heavy atom. The van der Waals surface area contributed by atoms with Gasteiger partial charge in [-0.2, -0.15) is 0 Å². The lowest BCUT2D eigenvalue weighted by Gasteiger charge is -1.95. The molecule has 0 unspecified atom stereocenters. The van der Waals surface area contributed by atoms with Crippen LogP contribution in [0.1, 0.15) is 45.4 Å². The van der Waals surface area contributed by atoms with Gasteiger partial charge in [0.1, 0.15) is 6.29 Å². The first-order chi connectivity index (χ1) is 6.41. The highest BCUT2D eigenvalue weighted by molar-refractivity contribution is 5.65. The molecule has 0 fully saturated rings. The summed E-state index contributed by atoms with van der Waals surface area (Å²) < 4.78 is 0. The maximum Gasteiger partial charge on any atom is 0.142 e. The summed E-state index contributed by atoms with van der Waals surface area (Å²) in [5.41, 5.74) is 0. The van der Waals surface area contributed by atoms with Gasteiger partial charge >= 0.3 is 0 Å². The number of hydrogen-bond donors (Lipinski definition) is 0. The van der Waals surface area contributed by atoms with E-state index in [0.29, 0.717) is 0 Å². The molecule has 0 spiro atoms. The summed E-state index contributed by atoms with van der Waals surface area (Å²) in [4.78, 5) is 9.89. The predicted molar refractivity (Wildman–Crippen MR) is 57.7 cm³/mol. The first-order valence-corrected chi connectivity index (χ1v) is 5.18. The molecule has 0 bridgehead atoms. The van der Waals surface area contributed by atoms with Crippen molar-refractivity contribution < 1.29 is 4.79 Å². The molecular weight excluding hydrogens is 160 g/mol. The number of carbonyl (C=O) groups is 1. The van der Waals surface area contributed by atoms with E-state index >= 15 is 0 Å². The van der Waals surface area contributed by atoms with Gasteiger partial charge in [0, 0.05) is 0 Å². The monoisotopic (exact) mass is 180 g/mol. The Morgan fingerprint density at radius 2 is 1.69 bits per heavy atom. The summed E-state index contributed by atoms with van der Waals surface area (Å²) >= 11 is 0. The van der Waals surface area contributed by atoms with Crippen LogP contribution in [0.3, 0.4) is 0 Å². The van der Waals surface area contributed by atoms with Crippen molar-refractivity contribution in [2.75, 3.05) is 0 Å². The smallest absolute Gasteiger partial charge is 0.142 e. The molecule has 0 radical (unpaired) electrons. The van der Waals surface area contributed by atoms with Gasteiger partial charge in [0.05, 0.1) is 0 Å². The van der Waals surface area contributed by atoms with Crippen LogP contribution in [0.5, 0.6) is 0 Å². The maximum absolute atomic E-state index is 9.89. The third-order valence-electron chi connectivity index (χ3n) is 1.91. The largest absolute Gasteiger partial charge is 0.299 e. The highest BCUT2D eigenvalue weighted by atomic mass is 16.1. The molecule has 0 heterocycles. The third-order valence-corrected chi connectivity index (χ3v) is 1.91. The summed E-state index contributed by atoms with van der Waals surface area (Å²) in [7, 11) is 0.